The molecule has 0 saturated heterocycles. The molecule has 0 amide bonds. The van der Waals surface area contributed by atoms with Gasteiger partial charge in [0.05, 0.1) is 5.71 Å². The third-order valence-electron chi connectivity index (χ3n) is 5.25. The van der Waals surface area contributed by atoms with Crippen molar-refractivity contribution in [1.29, 1.82) is 0 Å². The summed E-state index contributed by atoms with van der Waals surface area (Å²) in [5, 5.41) is 14.9. The van der Waals surface area contributed by atoms with Crippen LogP contribution in [0.2, 0.25) is 0 Å². The van der Waals surface area contributed by atoms with Gasteiger partial charge in [0.25, 0.3) is 0 Å². The quantitative estimate of drug-likeness (QED) is 0.518. The molecule has 0 fully saturated rings. The Hall–Kier alpha value is -3.22. The molecule has 0 aliphatic carbocycles. The number of hydrogen-bond acceptors (Lipinski definition) is 5. The number of nitrogens with zero attached hydrogens (tertiary/aromatic N) is 2. The number of halogens is 1. The van der Waals surface area contributed by atoms with Crippen LogP contribution >= 0.6 is 0 Å². The molecule has 0 bridgehead atoms. The molecule has 3 aromatic carbocycles. The maximum absolute atomic E-state index is 13.7. The lowest BCUT2D eigenvalue weighted by atomic mass is 10.0. The molecule has 1 N–H and O–H groups in total. The van der Waals surface area contributed by atoms with Crippen LogP contribution in [0.4, 0.5) is 4.39 Å². The number of hydrogen-bond donors (Lipinski definition) is 1. The molecule has 5 nitrogen and oxygen atoms in total. The minimum atomic E-state index is -0.709. The first kappa shape index (κ1) is 22.0. The van der Waals surface area contributed by atoms with E-state index in [4.69, 9.17) is 9.57 Å². The zero-order chi connectivity index (χ0) is 22.2. The van der Waals surface area contributed by atoms with E-state index in [1.807, 2.05) is 66.7 Å². The first-order chi connectivity index (χ1) is 15.7. The number of oxime groups is 1. The van der Waals surface area contributed by atoms with Crippen LogP contribution in [0.5, 0.6) is 5.75 Å². The molecule has 2 unspecified atom stereocenters. The summed E-state index contributed by atoms with van der Waals surface area (Å²) in [6.07, 6.45) is -0.166. The van der Waals surface area contributed by atoms with E-state index >= 15 is 0 Å². The minimum absolute atomic E-state index is 0.138. The summed E-state index contributed by atoms with van der Waals surface area (Å²) in [4.78, 5) is 7.74. The molecule has 1 aliphatic rings. The Bertz CT molecular complexity index is 1010. The van der Waals surface area contributed by atoms with Gasteiger partial charge in [0.15, 0.2) is 0 Å². The summed E-state index contributed by atoms with van der Waals surface area (Å²) >= 11 is 0. The molecule has 6 heteroatoms. The van der Waals surface area contributed by atoms with Crippen molar-refractivity contribution in [3.63, 3.8) is 0 Å². The van der Waals surface area contributed by atoms with E-state index in [9.17, 15) is 9.50 Å². The van der Waals surface area contributed by atoms with Gasteiger partial charge in [-0.25, -0.2) is 4.39 Å². The van der Waals surface area contributed by atoms with Gasteiger partial charge in [-0.1, -0.05) is 65.8 Å². The first-order valence-corrected chi connectivity index (χ1v) is 10.8. The lowest BCUT2D eigenvalue weighted by Crippen LogP contribution is -2.39. The van der Waals surface area contributed by atoms with Gasteiger partial charge in [0.2, 0.25) is 0 Å². The van der Waals surface area contributed by atoms with Crippen LogP contribution in [0, 0.1) is 5.82 Å². The molecule has 166 valence electrons. The van der Waals surface area contributed by atoms with E-state index in [1.54, 1.807) is 6.07 Å². The van der Waals surface area contributed by atoms with E-state index in [2.05, 4.69) is 10.1 Å². The molecule has 4 rings (SSSR count). The second kappa shape index (κ2) is 10.9. The maximum Gasteiger partial charge on any atom is 0.145 e. The predicted molar refractivity (Wildman–Crippen MR) is 122 cm³/mol. The average Bonchev–Trinajstić information content (AvgIpc) is 3.27. The van der Waals surface area contributed by atoms with Crippen molar-refractivity contribution in [2.75, 3.05) is 19.7 Å². The van der Waals surface area contributed by atoms with Gasteiger partial charge in [0.1, 0.15) is 30.4 Å². The molecule has 0 radical (unpaired) electrons. The molecule has 0 spiro atoms. The van der Waals surface area contributed by atoms with E-state index in [1.165, 1.54) is 12.1 Å². The molecular weight excluding hydrogens is 407 g/mol. The third-order valence-corrected chi connectivity index (χ3v) is 5.25. The van der Waals surface area contributed by atoms with Gasteiger partial charge in [-0.3, -0.25) is 4.90 Å². The highest BCUT2D eigenvalue weighted by Gasteiger charge is 2.26. The molecule has 0 aromatic heterocycles. The smallest absolute Gasteiger partial charge is 0.145 e. The summed E-state index contributed by atoms with van der Waals surface area (Å²) in [6, 6.07) is 25.9. The summed E-state index contributed by atoms with van der Waals surface area (Å²) < 4.78 is 19.4. The Morgan fingerprint density at radius 2 is 1.78 bits per heavy atom. The SMILES string of the molecule is OC(COc1ccccc1)CN(Cc1cccc(F)c1)CC1CC(c2ccccc2)=NO1. The summed E-state index contributed by atoms with van der Waals surface area (Å²) in [6.45, 7) is 1.57. The Kier molecular flexibility index (Phi) is 7.48. The third kappa shape index (κ3) is 6.39. The monoisotopic (exact) mass is 434 g/mol. The average molecular weight is 435 g/mol. The number of benzene rings is 3. The zero-order valence-electron chi connectivity index (χ0n) is 17.8. The largest absolute Gasteiger partial charge is 0.491 e. The predicted octanol–water partition coefficient (Wildman–Crippen LogP) is 4.26. The Balaban J connectivity index is 1.37. The molecule has 2 atom stereocenters. The lowest BCUT2D eigenvalue weighted by molar-refractivity contribution is 0.0213. The highest BCUT2D eigenvalue weighted by molar-refractivity contribution is 6.01. The number of aliphatic hydroxyl groups excluding tert-OH is 1. The molecule has 3 aromatic rings. The van der Waals surface area contributed by atoms with Crippen molar-refractivity contribution < 1.29 is 19.1 Å². The van der Waals surface area contributed by atoms with E-state index < -0.39 is 6.10 Å². The number of rotatable bonds is 10. The highest BCUT2D eigenvalue weighted by atomic mass is 19.1. The van der Waals surface area contributed by atoms with Crippen molar-refractivity contribution in [3.8, 4) is 5.75 Å². The van der Waals surface area contributed by atoms with Gasteiger partial charge in [0, 0.05) is 26.1 Å². The molecule has 0 saturated carbocycles. The van der Waals surface area contributed by atoms with Crippen LogP contribution in [0.3, 0.4) is 0 Å². The maximum atomic E-state index is 13.7. The number of para-hydroxylation sites is 1. The number of ether oxygens (including phenoxy) is 1. The van der Waals surface area contributed by atoms with Gasteiger partial charge in [-0.05, 0) is 35.4 Å². The van der Waals surface area contributed by atoms with Crippen LogP contribution < -0.4 is 4.74 Å². The fourth-order valence-corrected chi connectivity index (χ4v) is 3.77. The summed E-state index contributed by atoms with van der Waals surface area (Å²) in [5.41, 5.74) is 2.79. The Morgan fingerprint density at radius 1 is 1.03 bits per heavy atom. The van der Waals surface area contributed by atoms with Crippen molar-refractivity contribution in [2.24, 2.45) is 5.16 Å². The highest BCUT2D eigenvalue weighted by Crippen LogP contribution is 2.19. The fourth-order valence-electron chi connectivity index (χ4n) is 3.77. The van der Waals surface area contributed by atoms with Gasteiger partial charge in [-0.15, -0.1) is 0 Å². The normalized spacial score (nSPS) is 16.5. The van der Waals surface area contributed by atoms with Crippen LogP contribution in [0.15, 0.2) is 90.1 Å². The lowest BCUT2D eigenvalue weighted by Gasteiger charge is -2.27. The second-order valence-electron chi connectivity index (χ2n) is 7.94. The summed E-state index contributed by atoms with van der Waals surface area (Å²) in [5.74, 6) is 0.436. The molecular formula is C26H27FN2O3. The first-order valence-electron chi connectivity index (χ1n) is 10.8. The number of aliphatic hydroxyl groups is 1. The molecule has 32 heavy (non-hydrogen) atoms. The van der Waals surface area contributed by atoms with Crippen molar-refractivity contribution >= 4 is 5.71 Å². The van der Waals surface area contributed by atoms with Crippen LogP contribution in [0.1, 0.15) is 17.5 Å². The van der Waals surface area contributed by atoms with E-state index in [0.717, 1.165) is 16.8 Å². The second-order valence-corrected chi connectivity index (χ2v) is 7.94. The van der Waals surface area contributed by atoms with Crippen LogP contribution in [-0.2, 0) is 11.4 Å². The topological polar surface area (TPSA) is 54.3 Å². The Morgan fingerprint density at radius 3 is 2.53 bits per heavy atom. The van der Waals surface area contributed by atoms with E-state index in [-0.39, 0.29) is 18.5 Å². The van der Waals surface area contributed by atoms with Crippen molar-refractivity contribution in [1.82, 2.24) is 4.90 Å². The molecule has 1 heterocycles. The Labute approximate surface area is 187 Å². The van der Waals surface area contributed by atoms with Crippen LogP contribution in [-0.4, -0.2) is 47.6 Å². The van der Waals surface area contributed by atoms with Gasteiger partial charge in [-0.2, -0.15) is 0 Å². The van der Waals surface area contributed by atoms with Crippen LogP contribution in [0.25, 0.3) is 0 Å². The fraction of sp³-hybridized carbons (Fsp3) is 0.269. The van der Waals surface area contributed by atoms with E-state index in [0.29, 0.717) is 31.8 Å². The minimum Gasteiger partial charge on any atom is -0.491 e. The summed E-state index contributed by atoms with van der Waals surface area (Å²) in [7, 11) is 0. The van der Waals surface area contributed by atoms with Gasteiger partial charge < -0.3 is 14.7 Å². The van der Waals surface area contributed by atoms with Gasteiger partial charge >= 0.3 is 0 Å². The molecule has 1 aliphatic heterocycles. The van der Waals surface area contributed by atoms with Crippen molar-refractivity contribution in [2.45, 2.75) is 25.2 Å². The zero-order valence-corrected chi connectivity index (χ0v) is 17.8. The standard InChI is InChI=1S/C26H27FN2O3/c27-22-11-7-8-20(14-22)16-29(17-23(30)19-31-24-12-5-2-6-13-24)18-25-15-26(28-32-25)21-9-3-1-4-10-21/h1-14,23,25,30H,15-19H2. The van der Waals surface area contributed by atoms with Crippen molar-refractivity contribution in [3.05, 3.63) is 102 Å².